The van der Waals surface area contributed by atoms with Crippen LogP contribution in [0, 0.1) is 11.8 Å². The summed E-state index contributed by atoms with van der Waals surface area (Å²) in [7, 11) is 2.93. The summed E-state index contributed by atoms with van der Waals surface area (Å²) in [5.41, 5.74) is -0.936. The van der Waals surface area contributed by atoms with Crippen molar-refractivity contribution in [1.82, 2.24) is 9.80 Å². The smallest absolute Gasteiger partial charge is 0.419 e. The fraction of sp³-hybridized carbons (Fsp3) is 0.636. The van der Waals surface area contributed by atoms with Crippen LogP contribution in [-0.2, 0) is 31.8 Å². The van der Waals surface area contributed by atoms with Gasteiger partial charge in [-0.25, -0.2) is 13.6 Å². The number of carboxylic acids is 1. The highest BCUT2D eigenvalue weighted by Crippen LogP contribution is 2.40. The van der Waals surface area contributed by atoms with Crippen molar-refractivity contribution >= 4 is 11.9 Å². The largest absolute Gasteiger partial charge is 0.485 e. The SMILES string of the molecule is COCC(COC)N(C(=O)C1CCC(C)CC1)C1=C(C(=O)O)CC(Oc2ccc(CN3CCCC(F)(F)C3)cc2C(F)(F)F)C=C1. The van der Waals surface area contributed by atoms with Gasteiger partial charge in [0.2, 0.25) is 5.91 Å². The fourth-order valence-electron chi connectivity index (χ4n) is 6.56. The monoisotopic (exact) mass is 658 g/mol. The van der Waals surface area contributed by atoms with Crippen LogP contribution in [0.15, 0.2) is 41.6 Å². The first-order chi connectivity index (χ1) is 21.7. The summed E-state index contributed by atoms with van der Waals surface area (Å²) in [6.07, 6.45) is -0.302. The fourth-order valence-corrected chi connectivity index (χ4v) is 6.56. The van der Waals surface area contributed by atoms with Crippen molar-refractivity contribution in [2.75, 3.05) is 40.5 Å². The molecular formula is C33H43F5N2O6. The van der Waals surface area contributed by atoms with E-state index in [1.807, 2.05) is 0 Å². The lowest BCUT2D eigenvalue weighted by Crippen LogP contribution is -2.48. The number of aliphatic carboxylic acids is 1. The van der Waals surface area contributed by atoms with Crippen molar-refractivity contribution in [3.63, 3.8) is 0 Å². The number of methoxy groups -OCH3 is 2. The van der Waals surface area contributed by atoms with E-state index in [4.69, 9.17) is 14.2 Å². The second-order valence-corrected chi connectivity index (χ2v) is 12.6. The Kier molecular flexibility index (Phi) is 11.9. The molecule has 3 aliphatic rings. The zero-order valence-electron chi connectivity index (χ0n) is 26.5. The van der Waals surface area contributed by atoms with Gasteiger partial charge in [-0.2, -0.15) is 13.2 Å². The molecule has 1 unspecified atom stereocenters. The summed E-state index contributed by atoms with van der Waals surface area (Å²) >= 11 is 0. The Morgan fingerprint density at radius 3 is 2.37 bits per heavy atom. The van der Waals surface area contributed by atoms with Crippen molar-refractivity contribution in [1.29, 1.82) is 0 Å². The number of carbonyl (C=O) groups is 2. The predicted octanol–water partition coefficient (Wildman–Crippen LogP) is 6.30. The average Bonchev–Trinajstić information content (AvgIpc) is 2.98. The molecule has 0 spiro atoms. The van der Waals surface area contributed by atoms with E-state index in [9.17, 15) is 36.6 Å². The summed E-state index contributed by atoms with van der Waals surface area (Å²) in [6, 6.07) is 2.78. The Bertz CT molecular complexity index is 1290. The van der Waals surface area contributed by atoms with Crippen molar-refractivity contribution in [2.45, 2.75) is 82.7 Å². The van der Waals surface area contributed by atoms with Crippen LogP contribution < -0.4 is 4.74 Å². The molecule has 8 nitrogen and oxygen atoms in total. The Morgan fingerprint density at radius 1 is 1.11 bits per heavy atom. The van der Waals surface area contributed by atoms with Crippen LogP contribution in [0.5, 0.6) is 5.75 Å². The topological polar surface area (TPSA) is 88.5 Å². The molecule has 0 aromatic heterocycles. The molecule has 0 bridgehead atoms. The molecule has 1 aromatic rings. The Labute approximate surface area is 266 Å². The van der Waals surface area contributed by atoms with E-state index in [1.165, 1.54) is 42.2 Å². The molecule has 1 aliphatic heterocycles. The van der Waals surface area contributed by atoms with Crippen LogP contribution in [0.4, 0.5) is 22.0 Å². The quantitative estimate of drug-likeness (QED) is 0.264. The number of carbonyl (C=O) groups excluding carboxylic acids is 1. The van der Waals surface area contributed by atoms with Gasteiger partial charge in [-0.15, -0.1) is 0 Å². The second-order valence-electron chi connectivity index (χ2n) is 12.6. The lowest BCUT2D eigenvalue weighted by Gasteiger charge is -2.38. The van der Waals surface area contributed by atoms with Crippen molar-refractivity contribution < 1.29 is 50.9 Å². The standard InChI is InChI=1S/C33H43F5N2O6/c1-21-5-8-23(9-6-21)30(41)40(24(18-44-2)19-45-3)28-11-10-25(16-26(28)31(42)43)46-29-12-7-22(15-27(29)33(36,37)38)17-39-14-4-13-32(34,35)20-39/h7,10-12,15,21,23-25H,4-6,8-9,13-14,16-20H2,1-3H3,(H,42,43). The number of hydrogen-bond donors (Lipinski definition) is 1. The molecule has 1 saturated carbocycles. The number of carboxylic acid groups (broad SMARTS) is 1. The highest BCUT2D eigenvalue weighted by Gasteiger charge is 2.40. The zero-order chi connectivity index (χ0) is 33.6. The number of alkyl halides is 5. The van der Waals surface area contributed by atoms with Gasteiger partial charge >= 0.3 is 12.1 Å². The maximum Gasteiger partial charge on any atom is 0.419 e. The molecule has 2 aliphatic carbocycles. The maximum absolute atomic E-state index is 14.2. The van der Waals surface area contributed by atoms with Gasteiger partial charge in [-0.1, -0.05) is 13.0 Å². The van der Waals surface area contributed by atoms with Crippen LogP contribution >= 0.6 is 0 Å². The van der Waals surface area contributed by atoms with Crippen LogP contribution in [0.25, 0.3) is 0 Å². The van der Waals surface area contributed by atoms with E-state index >= 15 is 0 Å². The molecule has 1 amide bonds. The van der Waals surface area contributed by atoms with Gasteiger partial charge in [0.1, 0.15) is 11.9 Å². The average molecular weight is 659 g/mol. The number of benzene rings is 1. The number of nitrogens with zero attached hydrogens (tertiary/aromatic N) is 2. The third kappa shape index (κ3) is 9.07. The minimum atomic E-state index is -4.82. The third-order valence-corrected chi connectivity index (χ3v) is 8.89. The Hall–Kier alpha value is -3.03. The second kappa shape index (κ2) is 15.2. The molecule has 1 saturated heterocycles. The summed E-state index contributed by atoms with van der Waals surface area (Å²) in [4.78, 5) is 29.4. The first kappa shape index (κ1) is 35.8. The first-order valence-electron chi connectivity index (χ1n) is 15.6. The van der Waals surface area contributed by atoms with Crippen molar-refractivity contribution in [2.24, 2.45) is 11.8 Å². The lowest BCUT2D eigenvalue weighted by molar-refractivity contribution is -0.140. The molecule has 1 aromatic carbocycles. The number of amides is 1. The number of hydrogen-bond acceptors (Lipinski definition) is 6. The van der Waals surface area contributed by atoms with Crippen LogP contribution in [-0.4, -0.2) is 85.4 Å². The normalized spacial score (nSPS) is 23.9. The van der Waals surface area contributed by atoms with Gasteiger partial charge in [0.05, 0.1) is 42.6 Å². The Morgan fingerprint density at radius 2 is 1.78 bits per heavy atom. The summed E-state index contributed by atoms with van der Waals surface area (Å²) < 4.78 is 86.7. The lowest BCUT2D eigenvalue weighted by atomic mass is 9.82. The maximum atomic E-state index is 14.2. The molecule has 13 heteroatoms. The van der Waals surface area contributed by atoms with Crippen LogP contribution in [0.3, 0.4) is 0 Å². The van der Waals surface area contributed by atoms with Crippen LogP contribution in [0.2, 0.25) is 0 Å². The van der Waals surface area contributed by atoms with Gasteiger partial charge in [-0.3, -0.25) is 9.69 Å². The van der Waals surface area contributed by atoms with E-state index in [-0.39, 0.29) is 67.7 Å². The number of piperidine rings is 1. The summed E-state index contributed by atoms with van der Waals surface area (Å²) in [5, 5.41) is 10.2. The third-order valence-electron chi connectivity index (χ3n) is 8.89. The van der Waals surface area contributed by atoms with Gasteiger partial charge in [-0.05, 0) is 74.4 Å². The van der Waals surface area contributed by atoms with E-state index < -0.39 is 48.1 Å². The molecule has 2 fully saturated rings. The van der Waals surface area contributed by atoms with Gasteiger partial charge in [0.25, 0.3) is 5.92 Å². The molecule has 4 rings (SSSR count). The van der Waals surface area contributed by atoms with Crippen molar-refractivity contribution in [3.8, 4) is 5.75 Å². The number of rotatable bonds is 12. The van der Waals surface area contributed by atoms with E-state index in [0.29, 0.717) is 25.3 Å². The molecule has 0 radical (unpaired) electrons. The molecule has 1 atom stereocenters. The van der Waals surface area contributed by atoms with E-state index in [1.54, 1.807) is 0 Å². The zero-order valence-corrected chi connectivity index (χ0v) is 26.5. The number of likely N-dealkylation sites (tertiary alicyclic amines) is 1. The number of allylic oxidation sites excluding steroid dienone is 1. The highest BCUT2D eigenvalue weighted by atomic mass is 19.4. The highest BCUT2D eigenvalue weighted by molar-refractivity contribution is 5.91. The molecule has 1 heterocycles. The molecular weight excluding hydrogens is 615 g/mol. The summed E-state index contributed by atoms with van der Waals surface area (Å²) in [5.74, 6) is -4.81. The molecule has 256 valence electrons. The number of ether oxygens (including phenoxy) is 3. The van der Waals surface area contributed by atoms with E-state index in [0.717, 1.165) is 25.0 Å². The predicted molar refractivity (Wildman–Crippen MR) is 159 cm³/mol. The minimum Gasteiger partial charge on any atom is -0.485 e. The van der Waals surface area contributed by atoms with E-state index in [2.05, 4.69) is 6.92 Å². The first-order valence-corrected chi connectivity index (χ1v) is 15.6. The minimum absolute atomic E-state index is 0.0727. The molecule has 46 heavy (non-hydrogen) atoms. The van der Waals surface area contributed by atoms with Gasteiger partial charge in [0, 0.05) is 39.5 Å². The number of halogens is 5. The molecule has 1 N–H and O–H groups in total. The van der Waals surface area contributed by atoms with Crippen molar-refractivity contribution in [3.05, 3.63) is 52.7 Å². The van der Waals surface area contributed by atoms with Crippen LogP contribution in [0.1, 0.15) is 63.0 Å². The summed E-state index contributed by atoms with van der Waals surface area (Å²) in [6.45, 7) is 2.02. The van der Waals surface area contributed by atoms with Gasteiger partial charge in [0.15, 0.2) is 0 Å². The van der Waals surface area contributed by atoms with Gasteiger partial charge < -0.3 is 24.2 Å². The Balaban J connectivity index is 1.60.